The molecule has 0 atom stereocenters. The molecule has 0 bridgehead atoms. The molecule has 5 nitrogen and oxygen atoms in total. The molecular weight excluding hydrogens is 394 g/mol. The molecule has 0 aliphatic rings. The van der Waals surface area contributed by atoms with E-state index in [0.29, 0.717) is 5.69 Å². The smallest absolute Gasteiger partial charge is 0.316 e. The van der Waals surface area contributed by atoms with Gasteiger partial charge in [0.05, 0.1) is 12.9 Å². The minimum absolute atomic E-state index is 0.135. The number of carbonyl (C=O) groups excluding carboxylic acids is 2. The summed E-state index contributed by atoms with van der Waals surface area (Å²) in [4.78, 5) is 24.4. The van der Waals surface area contributed by atoms with Gasteiger partial charge in [0.15, 0.2) is 6.61 Å². The minimum Gasteiger partial charge on any atom is -0.497 e. The number of ether oxygens (including phenoxy) is 2. The van der Waals surface area contributed by atoms with Gasteiger partial charge in [-0.3, -0.25) is 9.59 Å². The highest BCUT2D eigenvalue weighted by molar-refractivity contribution is 9.10. The van der Waals surface area contributed by atoms with Crippen molar-refractivity contribution < 1.29 is 19.1 Å². The van der Waals surface area contributed by atoms with Crippen LogP contribution in [-0.2, 0) is 14.3 Å². The third kappa shape index (κ3) is 6.25. The summed E-state index contributed by atoms with van der Waals surface area (Å²) in [6.45, 7) is -0.311. The summed E-state index contributed by atoms with van der Waals surface area (Å²) in [5.74, 6) is 0.0681. The van der Waals surface area contributed by atoms with E-state index in [0.717, 1.165) is 15.1 Å². The zero-order chi connectivity index (χ0) is 17.4. The highest BCUT2D eigenvalue weighted by Crippen LogP contribution is 2.21. The molecular formula is C17H16BrNO4S. The molecule has 1 N–H and O–H groups in total. The Labute approximate surface area is 152 Å². The van der Waals surface area contributed by atoms with Crippen molar-refractivity contribution in [3.05, 3.63) is 53.0 Å². The van der Waals surface area contributed by atoms with Crippen LogP contribution in [0.1, 0.15) is 0 Å². The van der Waals surface area contributed by atoms with Crippen LogP contribution in [0.2, 0.25) is 0 Å². The number of thioether (sulfide) groups is 1. The number of amides is 1. The summed E-state index contributed by atoms with van der Waals surface area (Å²) < 4.78 is 10.9. The largest absolute Gasteiger partial charge is 0.497 e. The average molecular weight is 410 g/mol. The SMILES string of the molecule is COc1ccc(SCC(=O)OCC(=O)Nc2cccc(Br)c2)cc1. The quantitative estimate of drug-likeness (QED) is 0.557. The lowest BCUT2D eigenvalue weighted by molar-refractivity contribution is -0.144. The molecule has 0 heterocycles. The lowest BCUT2D eigenvalue weighted by Gasteiger charge is -2.07. The molecule has 126 valence electrons. The minimum atomic E-state index is -0.444. The molecule has 0 saturated heterocycles. The normalized spacial score (nSPS) is 10.1. The van der Waals surface area contributed by atoms with Crippen molar-refractivity contribution in [2.45, 2.75) is 4.90 Å². The highest BCUT2D eigenvalue weighted by atomic mass is 79.9. The van der Waals surface area contributed by atoms with E-state index in [1.54, 1.807) is 25.3 Å². The van der Waals surface area contributed by atoms with E-state index in [-0.39, 0.29) is 18.3 Å². The summed E-state index contributed by atoms with van der Waals surface area (Å²) in [6, 6.07) is 14.5. The Morgan fingerprint density at radius 3 is 2.58 bits per heavy atom. The molecule has 0 fully saturated rings. The zero-order valence-electron chi connectivity index (χ0n) is 13.0. The number of esters is 1. The number of benzene rings is 2. The second kappa shape index (κ2) is 9.34. The Morgan fingerprint density at radius 1 is 1.17 bits per heavy atom. The van der Waals surface area contributed by atoms with Crippen LogP contribution < -0.4 is 10.1 Å². The maximum absolute atomic E-state index is 11.7. The van der Waals surface area contributed by atoms with E-state index >= 15 is 0 Å². The molecule has 7 heteroatoms. The number of hydrogen-bond donors (Lipinski definition) is 1. The Balaban J connectivity index is 1.71. The summed E-state index contributed by atoms with van der Waals surface area (Å²) in [6.07, 6.45) is 0. The first-order valence-corrected chi connectivity index (χ1v) is 8.82. The first-order chi connectivity index (χ1) is 11.6. The first-order valence-electron chi connectivity index (χ1n) is 7.05. The van der Waals surface area contributed by atoms with Gasteiger partial charge in [-0.15, -0.1) is 11.8 Å². The van der Waals surface area contributed by atoms with Crippen molar-refractivity contribution >= 4 is 45.3 Å². The van der Waals surface area contributed by atoms with Crippen molar-refractivity contribution in [2.75, 3.05) is 24.8 Å². The third-order valence-electron chi connectivity index (χ3n) is 2.89. The molecule has 2 rings (SSSR count). The Bertz CT molecular complexity index is 706. The van der Waals surface area contributed by atoms with Gasteiger partial charge >= 0.3 is 5.97 Å². The summed E-state index contributed by atoms with van der Waals surface area (Å²) >= 11 is 4.66. The Kier molecular flexibility index (Phi) is 7.14. The average Bonchev–Trinajstić information content (AvgIpc) is 2.58. The van der Waals surface area contributed by atoms with Crippen LogP contribution in [0, 0.1) is 0 Å². The van der Waals surface area contributed by atoms with E-state index in [1.807, 2.05) is 30.3 Å². The predicted octanol–water partition coefficient (Wildman–Crippen LogP) is 3.73. The number of anilines is 1. The van der Waals surface area contributed by atoms with Gasteiger partial charge in [-0.25, -0.2) is 0 Å². The monoisotopic (exact) mass is 409 g/mol. The summed E-state index contributed by atoms with van der Waals surface area (Å²) in [5.41, 5.74) is 0.637. The van der Waals surface area contributed by atoms with Gasteiger partial charge in [-0.1, -0.05) is 22.0 Å². The second-order valence-corrected chi connectivity index (χ2v) is 6.65. The molecule has 2 aromatic rings. The molecule has 2 aromatic carbocycles. The van der Waals surface area contributed by atoms with Gasteiger partial charge in [0.1, 0.15) is 5.75 Å². The van der Waals surface area contributed by atoms with Gasteiger partial charge in [0, 0.05) is 15.1 Å². The Morgan fingerprint density at radius 2 is 1.92 bits per heavy atom. The van der Waals surface area contributed by atoms with Crippen LogP contribution in [0.25, 0.3) is 0 Å². The van der Waals surface area contributed by atoms with E-state index in [9.17, 15) is 9.59 Å². The number of methoxy groups -OCH3 is 1. The summed E-state index contributed by atoms with van der Waals surface area (Å²) in [5, 5.41) is 2.66. The molecule has 0 spiro atoms. The molecule has 0 aliphatic carbocycles. The van der Waals surface area contributed by atoms with Crippen molar-refractivity contribution in [3.8, 4) is 5.75 Å². The lowest BCUT2D eigenvalue weighted by atomic mass is 10.3. The molecule has 0 unspecified atom stereocenters. The second-order valence-electron chi connectivity index (χ2n) is 4.68. The van der Waals surface area contributed by atoms with Crippen molar-refractivity contribution in [3.63, 3.8) is 0 Å². The van der Waals surface area contributed by atoms with Gasteiger partial charge in [0.25, 0.3) is 5.91 Å². The van der Waals surface area contributed by atoms with Crippen LogP contribution in [0.4, 0.5) is 5.69 Å². The molecule has 0 radical (unpaired) electrons. The van der Waals surface area contributed by atoms with E-state index in [4.69, 9.17) is 9.47 Å². The van der Waals surface area contributed by atoms with E-state index in [1.165, 1.54) is 11.8 Å². The van der Waals surface area contributed by atoms with Gasteiger partial charge in [-0.2, -0.15) is 0 Å². The van der Waals surface area contributed by atoms with Gasteiger partial charge in [0.2, 0.25) is 0 Å². The van der Waals surface area contributed by atoms with Crippen molar-refractivity contribution in [1.29, 1.82) is 0 Å². The van der Waals surface area contributed by atoms with Crippen molar-refractivity contribution in [1.82, 2.24) is 0 Å². The Hall–Kier alpha value is -1.99. The fourth-order valence-corrected chi connectivity index (χ4v) is 2.86. The molecule has 0 aromatic heterocycles. The molecule has 1 amide bonds. The van der Waals surface area contributed by atoms with Gasteiger partial charge < -0.3 is 14.8 Å². The van der Waals surface area contributed by atoms with Crippen LogP contribution in [0.5, 0.6) is 5.75 Å². The number of hydrogen-bond acceptors (Lipinski definition) is 5. The first kappa shape index (κ1) is 18.4. The topological polar surface area (TPSA) is 64.6 Å². The maximum Gasteiger partial charge on any atom is 0.316 e. The number of carbonyl (C=O) groups is 2. The maximum atomic E-state index is 11.7. The van der Waals surface area contributed by atoms with Crippen molar-refractivity contribution in [2.24, 2.45) is 0 Å². The van der Waals surface area contributed by atoms with Crippen LogP contribution in [0.15, 0.2) is 57.9 Å². The standard InChI is InChI=1S/C17H16BrNO4S/c1-22-14-5-7-15(8-6-14)24-11-17(21)23-10-16(20)19-13-4-2-3-12(18)9-13/h2-9H,10-11H2,1H3,(H,19,20). The van der Waals surface area contributed by atoms with E-state index < -0.39 is 5.97 Å². The van der Waals surface area contributed by atoms with Crippen LogP contribution in [-0.4, -0.2) is 31.3 Å². The van der Waals surface area contributed by atoms with Crippen LogP contribution >= 0.6 is 27.7 Å². The van der Waals surface area contributed by atoms with E-state index in [2.05, 4.69) is 21.2 Å². The fraction of sp³-hybridized carbons (Fsp3) is 0.176. The number of rotatable bonds is 7. The number of halogens is 1. The van der Waals surface area contributed by atoms with Crippen LogP contribution in [0.3, 0.4) is 0 Å². The third-order valence-corrected chi connectivity index (χ3v) is 4.37. The zero-order valence-corrected chi connectivity index (χ0v) is 15.4. The van der Waals surface area contributed by atoms with Gasteiger partial charge in [-0.05, 0) is 42.5 Å². The summed E-state index contributed by atoms with van der Waals surface area (Å²) in [7, 11) is 1.60. The molecule has 0 saturated carbocycles. The molecule has 24 heavy (non-hydrogen) atoms. The lowest BCUT2D eigenvalue weighted by Crippen LogP contribution is -2.21. The predicted molar refractivity (Wildman–Crippen MR) is 97.4 cm³/mol. The number of nitrogens with one attached hydrogen (secondary N) is 1. The fourth-order valence-electron chi connectivity index (χ4n) is 1.77. The highest BCUT2D eigenvalue weighted by Gasteiger charge is 2.09. The molecule has 0 aliphatic heterocycles.